The lowest BCUT2D eigenvalue weighted by Gasteiger charge is -2.25. The summed E-state index contributed by atoms with van der Waals surface area (Å²) in [5, 5.41) is 11.0. The van der Waals surface area contributed by atoms with Crippen molar-refractivity contribution in [3.8, 4) is 6.07 Å². The molecule has 4 heteroatoms. The van der Waals surface area contributed by atoms with Gasteiger partial charge >= 0.3 is 0 Å². The van der Waals surface area contributed by atoms with Crippen LogP contribution in [0.2, 0.25) is 19.1 Å². The quantitative estimate of drug-likeness (QED) is 0.528. The van der Waals surface area contributed by atoms with Gasteiger partial charge in [-0.3, -0.25) is 4.79 Å². The first-order chi connectivity index (χ1) is 11.5. The summed E-state index contributed by atoms with van der Waals surface area (Å²) in [5.41, 5.74) is 0. The molecule has 0 amide bonds. The monoisotopic (exact) mass is 353 g/mol. The van der Waals surface area contributed by atoms with Gasteiger partial charge in [0.15, 0.2) is 5.12 Å². The van der Waals surface area contributed by atoms with E-state index in [1.165, 1.54) is 16.9 Å². The lowest BCUT2D eigenvalue weighted by Crippen LogP contribution is -2.42. The highest BCUT2D eigenvalue weighted by Crippen LogP contribution is 2.25. The first-order valence-electron chi connectivity index (χ1n) is 8.22. The SMILES string of the molecule is C[Si](C)(CC(C#N)CCC(=O)Sc1ccccc1)c1ccccc1. The number of nitrogens with zero attached hydrogens (tertiary/aromatic N) is 1. The van der Waals surface area contributed by atoms with Crippen LogP contribution >= 0.6 is 11.8 Å². The van der Waals surface area contributed by atoms with Crippen molar-refractivity contribution in [1.82, 2.24) is 0 Å². The zero-order valence-electron chi connectivity index (χ0n) is 14.2. The second-order valence-electron chi connectivity index (χ2n) is 6.61. The fourth-order valence-electron chi connectivity index (χ4n) is 2.80. The topological polar surface area (TPSA) is 40.9 Å². The Labute approximate surface area is 149 Å². The maximum Gasteiger partial charge on any atom is 0.193 e. The standard InChI is InChI=1S/C20H23NOSSi/c1-24(2,19-11-7-4-8-12-19)16-17(15-21)13-14-20(22)23-18-9-5-3-6-10-18/h3-12,17H,13-14,16H2,1-2H3. The highest BCUT2D eigenvalue weighted by atomic mass is 32.2. The molecule has 2 aromatic rings. The molecule has 0 aliphatic rings. The van der Waals surface area contributed by atoms with E-state index in [4.69, 9.17) is 0 Å². The summed E-state index contributed by atoms with van der Waals surface area (Å²) in [6, 6.07) is 23.5. The zero-order chi connectivity index (χ0) is 17.4. The summed E-state index contributed by atoms with van der Waals surface area (Å²) in [6.07, 6.45) is 1.11. The Morgan fingerprint density at radius 2 is 1.67 bits per heavy atom. The molecule has 24 heavy (non-hydrogen) atoms. The van der Waals surface area contributed by atoms with Crippen LogP contribution in [-0.2, 0) is 4.79 Å². The van der Waals surface area contributed by atoms with Crippen molar-refractivity contribution in [3.63, 3.8) is 0 Å². The molecule has 0 radical (unpaired) electrons. The molecule has 1 atom stereocenters. The van der Waals surface area contributed by atoms with Gasteiger partial charge in [0.2, 0.25) is 0 Å². The number of rotatable bonds is 7. The van der Waals surface area contributed by atoms with Crippen LogP contribution in [0.1, 0.15) is 12.8 Å². The maximum absolute atomic E-state index is 12.1. The van der Waals surface area contributed by atoms with E-state index < -0.39 is 8.07 Å². The molecule has 0 aliphatic carbocycles. The molecule has 0 bridgehead atoms. The Bertz CT molecular complexity index is 695. The molecule has 124 valence electrons. The molecule has 0 aromatic heterocycles. The molecular formula is C20H23NOSSi. The van der Waals surface area contributed by atoms with Crippen molar-refractivity contribution in [2.75, 3.05) is 0 Å². The predicted molar refractivity (Wildman–Crippen MR) is 104 cm³/mol. The number of thioether (sulfide) groups is 1. The maximum atomic E-state index is 12.1. The minimum atomic E-state index is -1.65. The van der Waals surface area contributed by atoms with Gasteiger partial charge in [-0.2, -0.15) is 5.26 Å². The number of hydrogen-bond acceptors (Lipinski definition) is 3. The van der Waals surface area contributed by atoms with E-state index in [1.54, 1.807) is 0 Å². The Balaban J connectivity index is 1.88. The minimum absolute atomic E-state index is 0.0489. The molecule has 2 aromatic carbocycles. The molecular weight excluding hydrogens is 330 g/mol. The number of carbonyl (C=O) groups is 1. The van der Waals surface area contributed by atoms with Gasteiger partial charge in [0.1, 0.15) is 0 Å². The fourth-order valence-corrected chi connectivity index (χ4v) is 6.43. The zero-order valence-corrected chi connectivity index (χ0v) is 16.1. The number of carbonyl (C=O) groups excluding carboxylic acids is 1. The summed E-state index contributed by atoms with van der Waals surface area (Å²) in [4.78, 5) is 13.1. The van der Waals surface area contributed by atoms with E-state index in [2.05, 4.69) is 43.4 Å². The van der Waals surface area contributed by atoms with Crippen LogP contribution in [0, 0.1) is 17.2 Å². The van der Waals surface area contributed by atoms with Gasteiger partial charge in [-0.05, 0) is 24.6 Å². The summed E-state index contributed by atoms with van der Waals surface area (Å²) in [6.45, 7) is 4.60. The van der Waals surface area contributed by atoms with Crippen molar-refractivity contribution in [2.24, 2.45) is 5.92 Å². The molecule has 0 fully saturated rings. The van der Waals surface area contributed by atoms with Gasteiger partial charge in [-0.1, -0.05) is 78.6 Å². The fraction of sp³-hybridized carbons (Fsp3) is 0.300. The summed E-state index contributed by atoms with van der Waals surface area (Å²) in [7, 11) is -1.65. The second kappa shape index (κ2) is 8.86. The molecule has 0 saturated carbocycles. The molecule has 2 nitrogen and oxygen atoms in total. The predicted octanol–water partition coefficient (Wildman–Crippen LogP) is 4.84. The lowest BCUT2D eigenvalue weighted by molar-refractivity contribution is -0.111. The number of nitriles is 1. The first-order valence-corrected chi connectivity index (χ1v) is 12.2. The van der Waals surface area contributed by atoms with E-state index in [0.717, 1.165) is 10.9 Å². The smallest absolute Gasteiger partial charge is 0.193 e. The minimum Gasteiger partial charge on any atom is -0.287 e. The molecule has 0 saturated heterocycles. The van der Waals surface area contributed by atoms with Crippen LogP contribution in [0.15, 0.2) is 65.6 Å². The molecule has 0 aliphatic heterocycles. The van der Waals surface area contributed by atoms with Crippen LogP contribution in [-0.4, -0.2) is 13.2 Å². The van der Waals surface area contributed by atoms with Gasteiger partial charge in [0.25, 0.3) is 0 Å². The van der Waals surface area contributed by atoms with E-state index >= 15 is 0 Å². The third kappa shape index (κ3) is 5.66. The number of hydrogen-bond donors (Lipinski definition) is 0. The van der Waals surface area contributed by atoms with Crippen LogP contribution in [0.5, 0.6) is 0 Å². The van der Waals surface area contributed by atoms with Crippen molar-refractivity contribution < 1.29 is 4.79 Å². The highest BCUT2D eigenvalue weighted by Gasteiger charge is 2.27. The molecule has 1 unspecified atom stereocenters. The van der Waals surface area contributed by atoms with Gasteiger partial charge in [-0.25, -0.2) is 0 Å². The van der Waals surface area contributed by atoms with Crippen molar-refractivity contribution >= 4 is 30.1 Å². The van der Waals surface area contributed by atoms with Gasteiger partial charge < -0.3 is 0 Å². The molecule has 0 N–H and O–H groups in total. The summed E-state index contributed by atoms with van der Waals surface area (Å²) in [5.74, 6) is -0.0489. The Morgan fingerprint density at radius 1 is 1.08 bits per heavy atom. The highest BCUT2D eigenvalue weighted by molar-refractivity contribution is 8.13. The Hall–Kier alpha value is -1.83. The Kier molecular flexibility index (Phi) is 6.83. The van der Waals surface area contributed by atoms with Gasteiger partial charge in [-0.15, -0.1) is 0 Å². The van der Waals surface area contributed by atoms with Crippen LogP contribution in [0.4, 0.5) is 0 Å². The lowest BCUT2D eigenvalue weighted by atomic mass is 10.1. The molecule has 0 heterocycles. The van der Waals surface area contributed by atoms with Crippen LogP contribution in [0.3, 0.4) is 0 Å². The van der Waals surface area contributed by atoms with E-state index in [9.17, 15) is 10.1 Å². The summed E-state index contributed by atoms with van der Waals surface area (Å²) >= 11 is 1.27. The first kappa shape index (κ1) is 18.5. The van der Waals surface area contributed by atoms with Crippen molar-refractivity contribution in [3.05, 3.63) is 60.7 Å². The molecule has 0 spiro atoms. The average molecular weight is 354 g/mol. The van der Waals surface area contributed by atoms with Crippen LogP contribution in [0.25, 0.3) is 0 Å². The second-order valence-corrected chi connectivity index (χ2v) is 12.5. The molecule has 2 rings (SSSR count). The normalized spacial score (nSPS) is 12.4. The van der Waals surface area contributed by atoms with Gasteiger partial charge in [0.05, 0.1) is 14.1 Å². The largest absolute Gasteiger partial charge is 0.287 e. The summed E-state index contributed by atoms with van der Waals surface area (Å²) < 4.78 is 0. The van der Waals surface area contributed by atoms with Crippen molar-refractivity contribution in [2.45, 2.75) is 36.9 Å². The third-order valence-electron chi connectivity index (χ3n) is 4.17. The van der Waals surface area contributed by atoms with Crippen LogP contribution < -0.4 is 5.19 Å². The Morgan fingerprint density at radius 3 is 2.25 bits per heavy atom. The van der Waals surface area contributed by atoms with Crippen molar-refractivity contribution in [1.29, 1.82) is 5.26 Å². The van der Waals surface area contributed by atoms with E-state index in [-0.39, 0.29) is 11.0 Å². The van der Waals surface area contributed by atoms with E-state index in [0.29, 0.717) is 12.8 Å². The van der Waals surface area contributed by atoms with E-state index in [1.807, 2.05) is 36.4 Å². The number of benzene rings is 2. The average Bonchev–Trinajstić information content (AvgIpc) is 2.60. The van der Waals surface area contributed by atoms with Gasteiger partial charge in [0, 0.05) is 17.2 Å². The third-order valence-corrected chi connectivity index (χ3v) is 8.52.